The molecule has 2 heterocycles. The molecule has 2 aliphatic rings. The highest BCUT2D eigenvalue weighted by molar-refractivity contribution is 6.30. The second-order valence-electron chi connectivity index (χ2n) is 5.19. The number of hydrogen-bond donors (Lipinski definition) is 1. The number of hydrogen-bond acceptors (Lipinski definition) is 3. The summed E-state index contributed by atoms with van der Waals surface area (Å²) in [7, 11) is 0. The van der Waals surface area contributed by atoms with Crippen LogP contribution in [0.25, 0.3) is 0 Å². The molecule has 17 heavy (non-hydrogen) atoms. The van der Waals surface area contributed by atoms with Gasteiger partial charge in [-0.2, -0.15) is 0 Å². The van der Waals surface area contributed by atoms with Gasteiger partial charge in [0.15, 0.2) is 0 Å². The Morgan fingerprint density at radius 1 is 1.41 bits per heavy atom. The first-order valence-electron chi connectivity index (χ1n) is 6.35. The summed E-state index contributed by atoms with van der Waals surface area (Å²) in [6.07, 6.45) is 5.86. The minimum Gasteiger partial charge on any atom is -0.380 e. The summed E-state index contributed by atoms with van der Waals surface area (Å²) >= 11 is 5.92. The Bertz CT molecular complexity index is 417. The molecular formula is C13H18ClN3. The normalized spacial score (nSPS) is 25.2. The van der Waals surface area contributed by atoms with Crippen molar-refractivity contribution in [3.63, 3.8) is 0 Å². The highest BCUT2D eigenvalue weighted by Crippen LogP contribution is 2.30. The number of nitrogens with one attached hydrogen (secondary N) is 1. The van der Waals surface area contributed by atoms with E-state index < -0.39 is 0 Å². The average Bonchev–Trinajstić information content (AvgIpc) is 3.06. The lowest BCUT2D eigenvalue weighted by atomic mass is 10.2. The molecule has 1 aliphatic heterocycles. The van der Waals surface area contributed by atoms with Gasteiger partial charge in [-0.1, -0.05) is 11.6 Å². The van der Waals surface area contributed by atoms with E-state index in [4.69, 9.17) is 11.6 Å². The molecule has 0 radical (unpaired) electrons. The number of nitrogens with zero attached hydrogens (tertiary/aromatic N) is 2. The van der Waals surface area contributed by atoms with Crippen LogP contribution in [0.2, 0.25) is 5.15 Å². The van der Waals surface area contributed by atoms with E-state index in [0.717, 1.165) is 17.3 Å². The third-order valence-electron chi connectivity index (χ3n) is 3.67. The van der Waals surface area contributed by atoms with Crippen molar-refractivity contribution in [1.82, 2.24) is 9.88 Å². The molecule has 1 saturated carbocycles. The molecule has 1 atom stereocenters. The fourth-order valence-electron chi connectivity index (χ4n) is 2.55. The maximum Gasteiger partial charge on any atom is 0.132 e. The maximum atomic E-state index is 5.92. The van der Waals surface area contributed by atoms with E-state index >= 15 is 0 Å². The third kappa shape index (κ3) is 2.55. The number of halogens is 1. The number of aromatic nitrogens is 1. The Labute approximate surface area is 107 Å². The maximum absolute atomic E-state index is 5.92. The molecule has 1 N–H and O–H groups in total. The van der Waals surface area contributed by atoms with Crippen molar-refractivity contribution in [1.29, 1.82) is 0 Å². The first-order chi connectivity index (χ1) is 8.22. The zero-order valence-electron chi connectivity index (χ0n) is 10.1. The molecular weight excluding hydrogens is 234 g/mol. The van der Waals surface area contributed by atoms with Gasteiger partial charge in [-0.25, -0.2) is 4.98 Å². The fourth-order valence-corrected chi connectivity index (χ4v) is 2.65. The van der Waals surface area contributed by atoms with Gasteiger partial charge in [0.05, 0.1) is 11.9 Å². The Kier molecular flexibility index (Phi) is 2.97. The summed E-state index contributed by atoms with van der Waals surface area (Å²) in [6, 6.07) is 3.53. The van der Waals surface area contributed by atoms with Crippen LogP contribution in [0.5, 0.6) is 0 Å². The minimum atomic E-state index is 0.568. The first-order valence-corrected chi connectivity index (χ1v) is 6.73. The molecule has 1 aromatic rings. The number of anilines is 1. The smallest absolute Gasteiger partial charge is 0.132 e. The van der Waals surface area contributed by atoms with E-state index in [2.05, 4.69) is 21.3 Å². The van der Waals surface area contributed by atoms with Gasteiger partial charge in [0.2, 0.25) is 0 Å². The zero-order valence-corrected chi connectivity index (χ0v) is 10.9. The third-order valence-corrected chi connectivity index (χ3v) is 4.06. The number of aryl methyl sites for hydroxylation is 1. The highest BCUT2D eigenvalue weighted by Gasteiger charge is 2.34. The Morgan fingerprint density at radius 2 is 2.24 bits per heavy atom. The van der Waals surface area contributed by atoms with Crippen LogP contribution in [0.4, 0.5) is 5.69 Å². The highest BCUT2D eigenvalue weighted by atomic mass is 35.5. The van der Waals surface area contributed by atoms with Gasteiger partial charge in [-0.05, 0) is 37.8 Å². The average molecular weight is 252 g/mol. The summed E-state index contributed by atoms with van der Waals surface area (Å²) in [6.45, 7) is 4.40. The summed E-state index contributed by atoms with van der Waals surface area (Å²) in [5, 5.41) is 4.16. The minimum absolute atomic E-state index is 0.568. The van der Waals surface area contributed by atoms with E-state index in [1.807, 2.05) is 13.1 Å². The van der Waals surface area contributed by atoms with Crippen LogP contribution in [-0.4, -0.2) is 35.1 Å². The van der Waals surface area contributed by atoms with Gasteiger partial charge in [-0.3, -0.25) is 4.90 Å². The predicted octanol–water partition coefficient (Wildman–Crippen LogP) is 2.69. The van der Waals surface area contributed by atoms with Crippen molar-refractivity contribution < 1.29 is 0 Å². The molecule has 1 saturated heterocycles. The van der Waals surface area contributed by atoms with E-state index in [0.29, 0.717) is 11.2 Å². The summed E-state index contributed by atoms with van der Waals surface area (Å²) in [4.78, 5) is 6.78. The first kappa shape index (κ1) is 11.3. The lowest BCUT2D eigenvalue weighted by molar-refractivity contribution is 0.326. The standard InChI is InChI=1S/C13H18ClN3/c1-9-6-11(7-15-13(9)14)16-10-4-5-17(8-10)12-2-3-12/h6-7,10,12,16H,2-5,8H2,1H3. The van der Waals surface area contributed by atoms with Crippen LogP contribution in [0.3, 0.4) is 0 Å². The molecule has 0 bridgehead atoms. The second-order valence-corrected chi connectivity index (χ2v) is 5.55. The molecule has 1 aromatic heterocycles. The number of pyridine rings is 1. The van der Waals surface area contributed by atoms with E-state index in [1.165, 1.54) is 32.4 Å². The quantitative estimate of drug-likeness (QED) is 0.838. The van der Waals surface area contributed by atoms with Gasteiger partial charge >= 0.3 is 0 Å². The van der Waals surface area contributed by atoms with E-state index in [9.17, 15) is 0 Å². The van der Waals surface area contributed by atoms with Crippen molar-refractivity contribution in [3.8, 4) is 0 Å². The second kappa shape index (κ2) is 4.46. The molecule has 92 valence electrons. The van der Waals surface area contributed by atoms with Crippen LogP contribution in [0.15, 0.2) is 12.3 Å². The number of rotatable bonds is 3. The largest absolute Gasteiger partial charge is 0.380 e. The summed E-state index contributed by atoms with van der Waals surface area (Å²) < 4.78 is 0. The molecule has 1 aliphatic carbocycles. The molecule has 2 fully saturated rings. The SMILES string of the molecule is Cc1cc(NC2CCN(C3CC3)C2)cnc1Cl. The molecule has 0 spiro atoms. The van der Waals surface area contributed by atoms with Crippen molar-refractivity contribution in [2.24, 2.45) is 0 Å². The Morgan fingerprint density at radius 3 is 2.94 bits per heavy atom. The molecule has 4 heteroatoms. The van der Waals surface area contributed by atoms with Gasteiger partial charge in [0.1, 0.15) is 5.15 Å². The van der Waals surface area contributed by atoms with E-state index in [1.54, 1.807) is 0 Å². The summed E-state index contributed by atoms with van der Waals surface area (Å²) in [5.41, 5.74) is 2.13. The molecule has 3 rings (SSSR count). The molecule has 0 aromatic carbocycles. The fraction of sp³-hybridized carbons (Fsp3) is 0.615. The van der Waals surface area contributed by atoms with Crippen LogP contribution >= 0.6 is 11.6 Å². The Hall–Kier alpha value is -0.800. The Balaban J connectivity index is 1.61. The van der Waals surface area contributed by atoms with Crippen LogP contribution in [0, 0.1) is 6.92 Å². The molecule has 0 amide bonds. The van der Waals surface area contributed by atoms with Gasteiger partial charge < -0.3 is 5.32 Å². The topological polar surface area (TPSA) is 28.2 Å². The van der Waals surface area contributed by atoms with Gasteiger partial charge in [0, 0.05) is 25.2 Å². The zero-order chi connectivity index (χ0) is 11.8. The van der Waals surface area contributed by atoms with Crippen molar-refractivity contribution >= 4 is 17.3 Å². The predicted molar refractivity (Wildman–Crippen MR) is 70.6 cm³/mol. The van der Waals surface area contributed by atoms with E-state index in [-0.39, 0.29) is 0 Å². The van der Waals surface area contributed by atoms with Crippen LogP contribution in [0.1, 0.15) is 24.8 Å². The monoisotopic (exact) mass is 251 g/mol. The van der Waals surface area contributed by atoms with Crippen molar-refractivity contribution in [3.05, 3.63) is 23.0 Å². The molecule has 3 nitrogen and oxygen atoms in total. The lowest BCUT2D eigenvalue weighted by Crippen LogP contribution is -2.27. The summed E-state index contributed by atoms with van der Waals surface area (Å²) in [5.74, 6) is 0. The van der Waals surface area contributed by atoms with Crippen molar-refractivity contribution in [2.75, 3.05) is 18.4 Å². The number of likely N-dealkylation sites (tertiary alicyclic amines) is 1. The lowest BCUT2D eigenvalue weighted by Gasteiger charge is -2.16. The van der Waals surface area contributed by atoms with Gasteiger partial charge in [-0.15, -0.1) is 0 Å². The van der Waals surface area contributed by atoms with Crippen molar-refractivity contribution in [2.45, 2.75) is 38.3 Å². The molecule has 1 unspecified atom stereocenters. The van der Waals surface area contributed by atoms with Crippen LogP contribution < -0.4 is 5.32 Å². The van der Waals surface area contributed by atoms with Crippen LogP contribution in [-0.2, 0) is 0 Å². The van der Waals surface area contributed by atoms with Gasteiger partial charge in [0.25, 0.3) is 0 Å².